The number of rotatable bonds is 3. The summed E-state index contributed by atoms with van der Waals surface area (Å²) in [5.74, 6) is -1.37. The third-order valence-electron chi connectivity index (χ3n) is 3.44. The van der Waals surface area contributed by atoms with Crippen molar-refractivity contribution in [1.29, 1.82) is 0 Å². The second-order valence-electron chi connectivity index (χ2n) is 5.11. The van der Waals surface area contributed by atoms with Gasteiger partial charge in [-0.25, -0.2) is 9.18 Å². The third-order valence-corrected chi connectivity index (χ3v) is 3.75. The van der Waals surface area contributed by atoms with E-state index in [0.717, 1.165) is 18.9 Å². The summed E-state index contributed by atoms with van der Waals surface area (Å²) in [7, 11) is 0. The molecule has 1 fully saturated rings. The quantitative estimate of drug-likeness (QED) is 0.900. The Labute approximate surface area is 126 Å². The second-order valence-corrected chi connectivity index (χ2v) is 5.51. The molecule has 0 aromatic heterocycles. The number of hydrogen-bond acceptors (Lipinski definition) is 2. The standard InChI is InChI=1S/C14H16ClFN2O3/c15-11-7-10(16)3-4-12(11)17-14(21)18-5-1-2-9(8-18)6-13(19)20/h3-4,7,9H,1-2,5-6,8H2,(H,17,21)(H,19,20). The van der Waals surface area contributed by atoms with Gasteiger partial charge in [-0.3, -0.25) is 4.79 Å². The number of anilines is 1. The van der Waals surface area contributed by atoms with Gasteiger partial charge in [-0.2, -0.15) is 0 Å². The number of halogens is 2. The second kappa shape index (κ2) is 6.76. The average Bonchev–Trinajstić information content (AvgIpc) is 2.41. The molecule has 0 saturated carbocycles. The zero-order valence-electron chi connectivity index (χ0n) is 11.3. The molecule has 2 amide bonds. The van der Waals surface area contributed by atoms with Crippen LogP contribution in [0.5, 0.6) is 0 Å². The lowest BCUT2D eigenvalue weighted by Gasteiger charge is -2.32. The monoisotopic (exact) mass is 314 g/mol. The zero-order chi connectivity index (χ0) is 15.4. The Hall–Kier alpha value is -1.82. The predicted molar refractivity (Wildman–Crippen MR) is 77.0 cm³/mol. The molecule has 1 unspecified atom stereocenters. The van der Waals surface area contributed by atoms with E-state index in [4.69, 9.17) is 16.7 Å². The molecule has 0 spiro atoms. The molecule has 2 N–H and O–H groups in total. The SMILES string of the molecule is O=C(O)CC1CCCN(C(=O)Nc2ccc(F)cc2Cl)C1. The number of nitrogens with one attached hydrogen (secondary N) is 1. The number of benzene rings is 1. The Kier molecular flexibility index (Phi) is 5.01. The summed E-state index contributed by atoms with van der Waals surface area (Å²) >= 11 is 5.86. The summed E-state index contributed by atoms with van der Waals surface area (Å²) in [5, 5.41) is 11.6. The summed E-state index contributed by atoms with van der Waals surface area (Å²) in [6.45, 7) is 0.970. The van der Waals surface area contributed by atoms with Crippen LogP contribution in [-0.4, -0.2) is 35.1 Å². The topological polar surface area (TPSA) is 69.6 Å². The predicted octanol–water partition coefficient (Wildman–Crippen LogP) is 3.20. The van der Waals surface area contributed by atoms with Crippen LogP contribution in [0.25, 0.3) is 0 Å². The van der Waals surface area contributed by atoms with Gasteiger partial charge in [-0.15, -0.1) is 0 Å². The molecule has 1 heterocycles. The summed E-state index contributed by atoms with van der Waals surface area (Å²) in [6, 6.07) is 3.39. The number of hydrogen-bond donors (Lipinski definition) is 2. The van der Waals surface area contributed by atoms with E-state index in [9.17, 15) is 14.0 Å². The van der Waals surface area contributed by atoms with Crippen molar-refractivity contribution < 1.29 is 19.1 Å². The molecule has 0 radical (unpaired) electrons. The first kappa shape index (κ1) is 15.6. The lowest BCUT2D eigenvalue weighted by atomic mass is 9.95. The Bertz CT molecular complexity index is 553. The smallest absolute Gasteiger partial charge is 0.321 e. The largest absolute Gasteiger partial charge is 0.481 e. The van der Waals surface area contributed by atoms with Crippen LogP contribution in [0.15, 0.2) is 18.2 Å². The van der Waals surface area contributed by atoms with Crippen molar-refractivity contribution in [3.05, 3.63) is 29.0 Å². The van der Waals surface area contributed by atoms with E-state index in [-0.39, 0.29) is 23.4 Å². The third kappa shape index (κ3) is 4.32. The van der Waals surface area contributed by atoms with Crippen molar-refractivity contribution in [2.45, 2.75) is 19.3 Å². The molecule has 1 aliphatic rings. The molecule has 7 heteroatoms. The number of carbonyl (C=O) groups is 2. The van der Waals surface area contributed by atoms with Crippen molar-refractivity contribution in [2.75, 3.05) is 18.4 Å². The van der Waals surface area contributed by atoms with E-state index < -0.39 is 11.8 Å². The number of piperidine rings is 1. The fraction of sp³-hybridized carbons (Fsp3) is 0.429. The van der Waals surface area contributed by atoms with Gasteiger partial charge in [0.15, 0.2) is 0 Å². The van der Waals surface area contributed by atoms with Gasteiger partial charge in [0.05, 0.1) is 10.7 Å². The van der Waals surface area contributed by atoms with Gasteiger partial charge in [-0.1, -0.05) is 11.6 Å². The van der Waals surface area contributed by atoms with Crippen LogP contribution in [0.2, 0.25) is 5.02 Å². The highest BCUT2D eigenvalue weighted by atomic mass is 35.5. The van der Waals surface area contributed by atoms with Crippen LogP contribution < -0.4 is 5.32 Å². The maximum atomic E-state index is 12.9. The fourth-order valence-corrected chi connectivity index (χ4v) is 2.66. The minimum absolute atomic E-state index is 0.0364. The normalized spacial score (nSPS) is 18.4. The summed E-state index contributed by atoms with van der Waals surface area (Å²) in [4.78, 5) is 24.5. The summed E-state index contributed by atoms with van der Waals surface area (Å²) in [5.41, 5.74) is 0.337. The van der Waals surface area contributed by atoms with Gasteiger partial charge in [0.25, 0.3) is 0 Å². The molecular weight excluding hydrogens is 299 g/mol. The van der Waals surface area contributed by atoms with Gasteiger partial charge in [0, 0.05) is 19.5 Å². The molecule has 21 heavy (non-hydrogen) atoms. The number of carbonyl (C=O) groups excluding carboxylic acids is 1. The number of carboxylic acids is 1. The van der Waals surface area contributed by atoms with E-state index in [1.165, 1.54) is 12.1 Å². The highest BCUT2D eigenvalue weighted by molar-refractivity contribution is 6.33. The molecule has 1 aromatic carbocycles. The lowest BCUT2D eigenvalue weighted by molar-refractivity contribution is -0.138. The molecule has 0 bridgehead atoms. The number of amides is 2. The lowest BCUT2D eigenvalue weighted by Crippen LogP contribution is -2.42. The minimum Gasteiger partial charge on any atom is -0.481 e. The molecule has 1 aromatic rings. The van der Waals surface area contributed by atoms with Crippen molar-refractivity contribution in [3.8, 4) is 0 Å². The van der Waals surface area contributed by atoms with Crippen LogP contribution in [0.1, 0.15) is 19.3 Å². The van der Waals surface area contributed by atoms with Crippen LogP contribution in [-0.2, 0) is 4.79 Å². The molecule has 1 aliphatic heterocycles. The number of likely N-dealkylation sites (tertiary alicyclic amines) is 1. The first-order valence-corrected chi connectivity index (χ1v) is 7.06. The molecule has 1 atom stereocenters. The molecule has 0 aliphatic carbocycles. The Balaban J connectivity index is 1.97. The molecule has 1 saturated heterocycles. The van der Waals surface area contributed by atoms with E-state index in [1.54, 1.807) is 4.90 Å². The maximum Gasteiger partial charge on any atom is 0.321 e. The average molecular weight is 315 g/mol. The Morgan fingerprint density at radius 1 is 1.48 bits per heavy atom. The van der Waals surface area contributed by atoms with Gasteiger partial charge < -0.3 is 15.3 Å². The number of aliphatic carboxylic acids is 1. The van der Waals surface area contributed by atoms with Crippen molar-refractivity contribution in [3.63, 3.8) is 0 Å². The minimum atomic E-state index is -0.858. The first-order chi connectivity index (χ1) is 9.95. The highest BCUT2D eigenvalue weighted by Gasteiger charge is 2.25. The van der Waals surface area contributed by atoms with Crippen molar-refractivity contribution in [1.82, 2.24) is 4.90 Å². The Morgan fingerprint density at radius 3 is 2.90 bits per heavy atom. The van der Waals surface area contributed by atoms with E-state index in [2.05, 4.69) is 5.32 Å². The zero-order valence-corrected chi connectivity index (χ0v) is 12.1. The Morgan fingerprint density at radius 2 is 2.24 bits per heavy atom. The van der Waals surface area contributed by atoms with E-state index >= 15 is 0 Å². The fourth-order valence-electron chi connectivity index (χ4n) is 2.45. The number of nitrogens with zero attached hydrogens (tertiary/aromatic N) is 1. The highest BCUT2D eigenvalue weighted by Crippen LogP contribution is 2.24. The van der Waals surface area contributed by atoms with Crippen molar-refractivity contribution >= 4 is 29.3 Å². The summed E-state index contributed by atoms with van der Waals surface area (Å²) < 4.78 is 12.9. The van der Waals surface area contributed by atoms with Gasteiger partial charge in [-0.05, 0) is 37.0 Å². The van der Waals surface area contributed by atoms with E-state index in [0.29, 0.717) is 18.8 Å². The van der Waals surface area contributed by atoms with E-state index in [1.807, 2.05) is 0 Å². The van der Waals surface area contributed by atoms with Crippen LogP contribution >= 0.6 is 11.6 Å². The molecule has 114 valence electrons. The maximum absolute atomic E-state index is 12.9. The van der Waals surface area contributed by atoms with Crippen LogP contribution in [0.3, 0.4) is 0 Å². The van der Waals surface area contributed by atoms with Crippen LogP contribution in [0, 0.1) is 11.7 Å². The van der Waals surface area contributed by atoms with Gasteiger partial charge in [0.1, 0.15) is 5.82 Å². The van der Waals surface area contributed by atoms with Gasteiger partial charge >= 0.3 is 12.0 Å². The van der Waals surface area contributed by atoms with Crippen molar-refractivity contribution in [2.24, 2.45) is 5.92 Å². The van der Waals surface area contributed by atoms with Crippen LogP contribution in [0.4, 0.5) is 14.9 Å². The summed E-state index contributed by atoms with van der Waals surface area (Å²) in [6.07, 6.45) is 1.62. The van der Waals surface area contributed by atoms with Gasteiger partial charge in [0.2, 0.25) is 0 Å². The molecule has 5 nitrogen and oxygen atoms in total. The molecule has 2 rings (SSSR count). The number of carboxylic acid groups (broad SMARTS) is 1. The first-order valence-electron chi connectivity index (χ1n) is 6.68. The number of urea groups is 1. The molecular formula is C14H16ClFN2O3.